The summed E-state index contributed by atoms with van der Waals surface area (Å²) in [6.07, 6.45) is 3.24. The van der Waals surface area contributed by atoms with Crippen LogP contribution in [0, 0.1) is 5.41 Å². The number of nitrogens with zero attached hydrogens (tertiary/aromatic N) is 1. The van der Waals surface area contributed by atoms with Crippen LogP contribution in [0.5, 0.6) is 0 Å². The molecule has 0 fully saturated rings. The summed E-state index contributed by atoms with van der Waals surface area (Å²) in [6.45, 7) is 0. The molecule has 0 radical (unpaired) electrons. The molecule has 1 aliphatic heterocycles. The second-order valence-corrected chi connectivity index (χ2v) is 2.69. The Kier molecular flexibility index (Phi) is 1.66. The van der Waals surface area contributed by atoms with Crippen LogP contribution in [0.2, 0.25) is 0 Å². The third-order valence-corrected chi connectivity index (χ3v) is 1.78. The number of nitrogens with two attached hydrogens (primary N) is 1. The predicted molar refractivity (Wildman–Crippen MR) is 49.5 cm³/mol. The lowest BCUT2D eigenvalue weighted by Gasteiger charge is -2.17. The van der Waals surface area contributed by atoms with Crippen LogP contribution in [0.3, 0.4) is 0 Å². The van der Waals surface area contributed by atoms with E-state index in [9.17, 15) is 0 Å². The molecule has 0 atom stereocenters. The topological polar surface area (TPSA) is 62.3 Å². The normalized spacial score (nSPS) is 13.4. The van der Waals surface area contributed by atoms with Gasteiger partial charge in [0.15, 0.2) is 0 Å². The van der Waals surface area contributed by atoms with Crippen LogP contribution in [-0.4, -0.2) is 11.0 Å². The molecule has 13 heavy (non-hydrogen) atoms. The summed E-state index contributed by atoms with van der Waals surface area (Å²) in [5.74, 6) is -0.134. The van der Waals surface area contributed by atoms with Crippen LogP contribution in [0.15, 0.2) is 24.3 Å². The van der Waals surface area contributed by atoms with Crippen LogP contribution in [-0.2, 0) is 4.84 Å². The van der Waals surface area contributed by atoms with E-state index < -0.39 is 0 Å². The highest BCUT2D eigenvalue weighted by Crippen LogP contribution is 1.93. The summed E-state index contributed by atoms with van der Waals surface area (Å²) in [4.78, 5) is 5.07. The highest BCUT2D eigenvalue weighted by molar-refractivity contribution is 5.77. The minimum absolute atomic E-state index is 0.134. The molecular formula is C9H9N3O. The Morgan fingerprint density at radius 3 is 2.69 bits per heavy atom. The van der Waals surface area contributed by atoms with E-state index in [1.807, 2.05) is 24.3 Å². The Labute approximate surface area is 75.0 Å². The molecule has 4 nitrogen and oxygen atoms in total. The Bertz CT molecular complexity index is 452. The van der Waals surface area contributed by atoms with Gasteiger partial charge in [-0.1, -0.05) is 24.3 Å². The summed E-state index contributed by atoms with van der Waals surface area (Å²) in [5, 5.41) is 10.3. The maximum Gasteiger partial charge on any atom is 0.227 e. The summed E-state index contributed by atoms with van der Waals surface area (Å²) in [5.41, 5.74) is 5.26. The van der Waals surface area contributed by atoms with Crippen LogP contribution >= 0.6 is 0 Å². The molecule has 0 aliphatic carbocycles. The van der Waals surface area contributed by atoms with Crippen molar-refractivity contribution in [3.8, 4) is 0 Å². The van der Waals surface area contributed by atoms with E-state index in [2.05, 4.69) is 0 Å². The van der Waals surface area contributed by atoms with Crippen molar-refractivity contribution in [1.29, 1.82) is 5.41 Å². The Balaban J connectivity index is 2.55. The number of nitrogens with one attached hydrogen (secondary N) is 1. The van der Waals surface area contributed by atoms with Gasteiger partial charge in [-0.2, -0.15) is 5.06 Å². The van der Waals surface area contributed by atoms with Gasteiger partial charge in [0, 0.05) is 10.4 Å². The summed E-state index contributed by atoms with van der Waals surface area (Å²) in [6, 6.07) is 7.72. The molecule has 3 N–H and O–H groups in total. The second-order valence-electron chi connectivity index (χ2n) is 2.69. The van der Waals surface area contributed by atoms with Gasteiger partial charge in [-0.25, -0.2) is 0 Å². The monoisotopic (exact) mass is 175 g/mol. The molecule has 0 bridgehead atoms. The first kappa shape index (κ1) is 7.67. The van der Waals surface area contributed by atoms with Crippen molar-refractivity contribution in [3.05, 3.63) is 34.7 Å². The molecule has 1 aliphatic rings. The highest BCUT2D eigenvalue weighted by atomic mass is 16.7. The zero-order valence-electron chi connectivity index (χ0n) is 6.90. The Morgan fingerprint density at radius 1 is 1.31 bits per heavy atom. The number of guanidine groups is 1. The SMILES string of the molecule is N=C(N)N1C=c2ccccc2=CO1. The van der Waals surface area contributed by atoms with Gasteiger partial charge < -0.3 is 10.6 Å². The van der Waals surface area contributed by atoms with E-state index in [0.29, 0.717) is 0 Å². The molecule has 1 aromatic rings. The first-order valence-electron chi connectivity index (χ1n) is 3.84. The van der Waals surface area contributed by atoms with Crippen molar-refractivity contribution < 1.29 is 4.84 Å². The molecule has 2 rings (SSSR count). The smallest absolute Gasteiger partial charge is 0.227 e. The number of hydrogen-bond acceptors (Lipinski definition) is 2. The van der Waals surface area contributed by atoms with Gasteiger partial charge in [0.05, 0.1) is 6.20 Å². The second kappa shape index (κ2) is 2.82. The first-order valence-corrected chi connectivity index (χ1v) is 3.84. The number of rotatable bonds is 0. The van der Waals surface area contributed by atoms with Crippen molar-refractivity contribution in [2.75, 3.05) is 0 Å². The maximum absolute atomic E-state index is 7.16. The number of hydrogen-bond donors (Lipinski definition) is 2. The fraction of sp³-hybridized carbons (Fsp3) is 0. The average Bonchev–Trinajstić information content (AvgIpc) is 2.17. The van der Waals surface area contributed by atoms with E-state index in [-0.39, 0.29) is 5.96 Å². The molecular weight excluding hydrogens is 166 g/mol. The van der Waals surface area contributed by atoms with E-state index >= 15 is 0 Å². The van der Waals surface area contributed by atoms with Crippen molar-refractivity contribution in [2.45, 2.75) is 0 Å². The van der Waals surface area contributed by atoms with Gasteiger partial charge in [0.1, 0.15) is 6.26 Å². The zero-order chi connectivity index (χ0) is 9.26. The minimum Gasteiger partial charge on any atom is -0.380 e. The summed E-state index contributed by atoms with van der Waals surface area (Å²) in [7, 11) is 0. The molecule has 0 unspecified atom stereocenters. The lowest BCUT2D eigenvalue weighted by Crippen LogP contribution is -2.39. The maximum atomic E-state index is 7.16. The summed E-state index contributed by atoms with van der Waals surface area (Å²) >= 11 is 0. The van der Waals surface area contributed by atoms with Crippen molar-refractivity contribution in [3.63, 3.8) is 0 Å². The number of hydroxylamine groups is 2. The molecule has 1 aromatic carbocycles. The van der Waals surface area contributed by atoms with Gasteiger partial charge in [-0.05, 0) is 0 Å². The summed E-state index contributed by atoms with van der Waals surface area (Å²) < 4.78 is 0. The quantitative estimate of drug-likeness (QED) is 0.405. The van der Waals surface area contributed by atoms with Crippen LogP contribution in [0.4, 0.5) is 0 Å². The van der Waals surface area contributed by atoms with Gasteiger partial charge >= 0.3 is 0 Å². The predicted octanol–water partition coefficient (Wildman–Crippen LogP) is -0.697. The lowest BCUT2D eigenvalue weighted by molar-refractivity contribution is 0.0608. The van der Waals surface area contributed by atoms with Gasteiger partial charge in [0.25, 0.3) is 0 Å². The zero-order valence-corrected chi connectivity index (χ0v) is 6.90. The molecule has 1 heterocycles. The number of benzene rings is 1. The van der Waals surface area contributed by atoms with E-state index in [1.54, 1.807) is 12.5 Å². The van der Waals surface area contributed by atoms with E-state index in [4.69, 9.17) is 16.0 Å². The van der Waals surface area contributed by atoms with Crippen molar-refractivity contribution in [2.24, 2.45) is 5.73 Å². The van der Waals surface area contributed by atoms with Crippen molar-refractivity contribution >= 4 is 18.4 Å². The Morgan fingerprint density at radius 2 is 2.00 bits per heavy atom. The minimum atomic E-state index is -0.134. The highest BCUT2D eigenvalue weighted by Gasteiger charge is 2.05. The fourth-order valence-corrected chi connectivity index (χ4v) is 1.13. The van der Waals surface area contributed by atoms with Crippen LogP contribution in [0.25, 0.3) is 12.5 Å². The molecule has 0 amide bonds. The fourth-order valence-electron chi connectivity index (χ4n) is 1.13. The third-order valence-electron chi connectivity index (χ3n) is 1.78. The number of fused-ring (bicyclic) bond motifs is 1. The van der Waals surface area contributed by atoms with E-state index in [0.717, 1.165) is 10.4 Å². The first-order chi connectivity index (χ1) is 6.27. The standard InChI is InChI=1S/C9H9N3O/c10-9(11)12-5-7-3-1-2-4-8(7)6-13-12/h1-6H,(H3,10,11). The lowest BCUT2D eigenvalue weighted by atomic mass is 10.2. The van der Waals surface area contributed by atoms with Gasteiger partial charge in [-0.15, -0.1) is 0 Å². The molecule has 66 valence electrons. The molecule has 0 saturated carbocycles. The Hall–Kier alpha value is -1.97. The molecule has 4 heteroatoms. The van der Waals surface area contributed by atoms with Crippen LogP contribution < -0.4 is 16.2 Å². The molecule has 0 aromatic heterocycles. The van der Waals surface area contributed by atoms with E-state index in [1.165, 1.54) is 5.06 Å². The molecule has 0 saturated heterocycles. The average molecular weight is 175 g/mol. The van der Waals surface area contributed by atoms with Crippen molar-refractivity contribution in [1.82, 2.24) is 5.06 Å². The van der Waals surface area contributed by atoms with Gasteiger partial charge in [-0.3, -0.25) is 5.41 Å². The molecule has 0 spiro atoms. The van der Waals surface area contributed by atoms with Gasteiger partial charge in [0.2, 0.25) is 5.96 Å². The van der Waals surface area contributed by atoms with Crippen LogP contribution in [0.1, 0.15) is 0 Å². The largest absolute Gasteiger partial charge is 0.380 e. The third kappa shape index (κ3) is 1.33.